The minimum Gasteiger partial charge on any atom is -0.372 e. The summed E-state index contributed by atoms with van der Waals surface area (Å²) in [4.78, 5) is 9.23. The molecule has 1 aromatic carbocycles. The standard InChI is InChI=1S/C15H18BrN3/c1-3-7-12-14(16)15(17-2)19-13(18-12)10-11-8-5-4-6-9-11/h4-6,8-9H,3,7,10H2,1-2H3,(H,17,18,19). The molecule has 0 fully saturated rings. The van der Waals surface area contributed by atoms with Crippen molar-refractivity contribution in [2.24, 2.45) is 0 Å². The van der Waals surface area contributed by atoms with Gasteiger partial charge < -0.3 is 5.32 Å². The van der Waals surface area contributed by atoms with Crippen molar-refractivity contribution in [3.8, 4) is 0 Å². The van der Waals surface area contributed by atoms with E-state index < -0.39 is 0 Å². The molecule has 1 N–H and O–H groups in total. The van der Waals surface area contributed by atoms with Crippen LogP contribution in [0.5, 0.6) is 0 Å². The second kappa shape index (κ2) is 6.66. The Hall–Kier alpha value is -1.42. The molecule has 2 rings (SSSR count). The molecular formula is C15H18BrN3. The van der Waals surface area contributed by atoms with Gasteiger partial charge in [0.2, 0.25) is 0 Å². The van der Waals surface area contributed by atoms with Gasteiger partial charge in [0, 0.05) is 13.5 Å². The Morgan fingerprint density at radius 2 is 1.89 bits per heavy atom. The van der Waals surface area contributed by atoms with Gasteiger partial charge in [-0.3, -0.25) is 0 Å². The Morgan fingerprint density at radius 1 is 1.16 bits per heavy atom. The van der Waals surface area contributed by atoms with Crippen molar-refractivity contribution in [1.29, 1.82) is 0 Å². The van der Waals surface area contributed by atoms with E-state index in [0.29, 0.717) is 0 Å². The fraction of sp³-hybridized carbons (Fsp3) is 0.333. The van der Waals surface area contributed by atoms with E-state index in [0.717, 1.165) is 41.1 Å². The topological polar surface area (TPSA) is 37.8 Å². The predicted molar refractivity (Wildman–Crippen MR) is 82.5 cm³/mol. The molecule has 0 saturated carbocycles. The fourth-order valence-corrected chi connectivity index (χ4v) is 2.54. The van der Waals surface area contributed by atoms with Gasteiger partial charge in [-0.25, -0.2) is 9.97 Å². The monoisotopic (exact) mass is 319 g/mol. The molecule has 0 bridgehead atoms. The molecule has 0 atom stereocenters. The van der Waals surface area contributed by atoms with E-state index >= 15 is 0 Å². The summed E-state index contributed by atoms with van der Waals surface area (Å²) in [5.74, 6) is 1.73. The molecule has 0 aliphatic heterocycles. The van der Waals surface area contributed by atoms with Crippen LogP contribution >= 0.6 is 15.9 Å². The lowest BCUT2D eigenvalue weighted by atomic mass is 10.1. The first-order valence-electron chi connectivity index (χ1n) is 6.51. The number of benzene rings is 1. The number of halogens is 1. The summed E-state index contributed by atoms with van der Waals surface area (Å²) >= 11 is 3.57. The molecule has 0 aliphatic carbocycles. The van der Waals surface area contributed by atoms with Crippen molar-refractivity contribution in [3.05, 3.63) is 51.9 Å². The van der Waals surface area contributed by atoms with E-state index in [1.165, 1.54) is 5.56 Å². The summed E-state index contributed by atoms with van der Waals surface area (Å²) in [5.41, 5.74) is 2.31. The van der Waals surface area contributed by atoms with Crippen molar-refractivity contribution in [1.82, 2.24) is 9.97 Å². The van der Waals surface area contributed by atoms with Gasteiger partial charge in [-0.1, -0.05) is 43.7 Å². The Morgan fingerprint density at radius 3 is 2.53 bits per heavy atom. The number of nitrogens with zero attached hydrogens (tertiary/aromatic N) is 2. The largest absolute Gasteiger partial charge is 0.372 e. The van der Waals surface area contributed by atoms with Crippen LogP contribution in [0.3, 0.4) is 0 Å². The minimum atomic E-state index is 0.763. The summed E-state index contributed by atoms with van der Waals surface area (Å²) < 4.78 is 0.980. The average Bonchev–Trinajstić information content (AvgIpc) is 2.43. The first-order valence-corrected chi connectivity index (χ1v) is 7.30. The Balaban J connectivity index is 2.32. The Kier molecular flexibility index (Phi) is 4.91. The van der Waals surface area contributed by atoms with E-state index in [1.54, 1.807) is 0 Å². The third-order valence-electron chi connectivity index (χ3n) is 2.89. The number of aryl methyl sites for hydroxylation is 1. The van der Waals surface area contributed by atoms with Gasteiger partial charge >= 0.3 is 0 Å². The minimum absolute atomic E-state index is 0.763. The lowest BCUT2D eigenvalue weighted by Crippen LogP contribution is -2.06. The van der Waals surface area contributed by atoms with E-state index in [9.17, 15) is 0 Å². The Bertz CT molecular complexity index is 541. The van der Waals surface area contributed by atoms with Crippen molar-refractivity contribution in [2.45, 2.75) is 26.2 Å². The molecule has 0 saturated heterocycles. The van der Waals surface area contributed by atoms with Crippen molar-refractivity contribution < 1.29 is 0 Å². The van der Waals surface area contributed by atoms with Crippen molar-refractivity contribution in [3.63, 3.8) is 0 Å². The zero-order valence-corrected chi connectivity index (χ0v) is 12.9. The number of hydrogen-bond donors (Lipinski definition) is 1. The number of anilines is 1. The van der Waals surface area contributed by atoms with Gasteiger partial charge in [-0.05, 0) is 27.9 Å². The van der Waals surface area contributed by atoms with Crippen molar-refractivity contribution in [2.75, 3.05) is 12.4 Å². The molecule has 4 heteroatoms. The summed E-state index contributed by atoms with van der Waals surface area (Å²) in [6.45, 7) is 2.16. The van der Waals surface area contributed by atoms with Gasteiger partial charge in [0.1, 0.15) is 11.6 Å². The number of rotatable bonds is 5. The van der Waals surface area contributed by atoms with Crippen LogP contribution in [0.4, 0.5) is 5.82 Å². The van der Waals surface area contributed by atoms with E-state index in [2.05, 4.69) is 50.3 Å². The fourth-order valence-electron chi connectivity index (χ4n) is 1.97. The highest BCUT2D eigenvalue weighted by Gasteiger charge is 2.11. The SMILES string of the molecule is CCCc1nc(Cc2ccccc2)nc(NC)c1Br. The predicted octanol–water partition coefficient (Wildman–Crippen LogP) is 3.82. The molecule has 0 amide bonds. The summed E-state index contributed by atoms with van der Waals surface area (Å²) in [5, 5.41) is 3.12. The van der Waals surface area contributed by atoms with Gasteiger partial charge in [0.05, 0.1) is 10.2 Å². The van der Waals surface area contributed by atoms with Crippen LogP contribution < -0.4 is 5.32 Å². The second-order valence-electron chi connectivity index (χ2n) is 4.41. The van der Waals surface area contributed by atoms with Gasteiger partial charge in [0.15, 0.2) is 0 Å². The maximum absolute atomic E-state index is 4.67. The molecule has 0 unspecified atom stereocenters. The van der Waals surface area contributed by atoms with Crippen LogP contribution in [0, 0.1) is 0 Å². The third kappa shape index (κ3) is 3.53. The van der Waals surface area contributed by atoms with Crippen LogP contribution in [0.15, 0.2) is 34.8 Å². The molecule has 0 radical (unpaired) electrons. The van der Waals surface area contributed by atoms with Crippen LogP contribution in [0.25, 0.3) is 0 Å². The van der Waals surface area contributed by atoms with Gasteiger partial charge in [-0.15, -0.1) is 0 Å². The molecule has 19 heavy (non-hydrogen) atoms. The quantitative estimate of drug-likeness (QED) is 0.910. The number of aromatic nitrogens is 2. The van der Waals surface area contributed by atoms with E-state index in [4.69, 9.17) is 0 Å². The maximum atomic E-state index is 4.67. The van der Waals surface area contributed by atoms with Gasteiger partial charge in [-0.2, -0.15) is 0 Å². The molecule has 0 spiro atoms. The number of nitrogens with one attached hydrogen (secondary N) is 1. The highest BCUT2D eigenvalue weighted by Crippen LogP contribution is 2.25. The molecule has 1 heterocycles. The average molecular weight is 320 g/mol. The highest BCUT2D eigenvalue weighted by atomic mass is 79.9. The van der Waals surface area contributed by atoms with Crippen LogP contribution in [0.2, 0.25) is 0 Å². The normalized spacial score (nSPS) is 10.5. The summed E-state index contributed by atoms with van der Waals surface area (Å²) in [6.07, 6.45) is 2.79. The summed E-state index contributed by atoms with van der Waals surface area (Å²) in [7, 11) is 1.88. The lowest BCUT2D eigenvalue weighted by molar-refractivity contribution is 0.835. The zero-order valence-electron chi connectivity index (χ0n) is 11.3. The third-order valence-corrected chi connectivity index (χ3v) is 3.73. The Labute approximate surface area is 122 Å². The summed E-state index contributed by atoms with van der Waals surface area (Å²) in [6, 6.07) is 10.3. The van der Waals surface area contributed by atoms with Crippen LogP contribution in [-0.2, 0) is 12.8 Å². The number of hydrogen-bond acceptors (Lipinski definition) is 3. The molecule has 2 aromatic rings. The molecule has 0 aliphatic rings. The van der Waals surface area contributed by atoms with E-state index in [1.807, 2.05) is 25.2 Å². The molecule has 1 aromatic heterocycles. The first-order chi connectivity index (χ1) is 9.24. The van der Waals surface area contributed by atoms with Crippen LogP contribution in [-0.4, -0.2) is 17.0 Å². The second-order valence-corrected chi connectivity index (χ2v) is 5.20. The smallest absolute Gasteiger partial charge is 0.144 e. The zero-order chi connectivity index (χ0) is 13.7. The first kappa shape index (κ1) is 14.0. The van der Waals surface area contributed by atoms with Gasteiger partial charge in [0.25, 0.3) is 0 Å². The van der Waals surface area contributed by atoms with E-state index in [-0.39, 0.29) is 0 Å². The maximum Gasteiger partial charge on any atom is 0.144 e. The highest BCUT2D eigenvalue weighted by molar-refractivity contribution is 9.10. The molecule has 100 valence electrons. The molecule has 3 nitrogen and oxygen atoms in total. The van der Waals surface area contributed by atoms with Crippen LogP contribution in [0.1, 0.15) is 30.4 Å². The molecular weight excluding hydrogens is 302 g/mol. The lowest BCUT2D eigenvalue weighted by Gasteiger charge is -2.10. The van der Waals surface area contributed by atoms with Crippen molar-refractivity contribution >= 4 is 21.7 Å².